The van der Waals surface area contributed by atoms with Crippen molar-refractivity contribution in [3.05, 3.63) is 74.8 Å². The van der Waals surface area contributed by atoms with Gasteiger partial charge >= 0.3 is 0 Å². The van der Waals surface area contributed by atoms with E-state index >= 15 is 0 Å². The molecule has 0 aliphatic heterocycles. The number of nitrogens with one attached hydrogen (secondary N) is 1. The highest BCUT2D eigenvalue weighted by Gasteiger charge is 2.18. The molecule has 2 rings (SSSR count). The first-order valence-electron chi connectivity index (χ1n) is 7.54. The molecule has 0 unspecified atom stereocenters. The topological polar surface area (TPSA) is 72.2 Å². The average Bonchev–Trinajstić information content (AvgIpc) is 2.53. The highest BCUT2D eigenvalue weighted by molar-refractivity contribution is 5.95. The van der Waals surface area contributed by atoms with Gasteiger partial charge in [-0.3, -0.25) is 14.9 Å². The first-order chi connectivity index (χ1) is 10.9. The highest BCUT2D eigenvalue weighted by atomic mass is 16.6. The Hall–Kier alpha value is -2.69. The maximum atomic E-state index is 12.4. The summed E-state index contributed by atoms with van der Waals surface area (Å²) in [6.45, 7) is 5.65. The normalized spacial score (nSPS) is 11.8. The molecule has 120 valence electrons. The quantitative estimate of drug-likeness (QED) is 0.667. The molecule has 5 nitrogen and oxygen atoms in total. The van der Waals surface area contributed by atoms with Gasteiger partial charge < -0.3 is 5.32 Å². The van der Waals surface area contributed by atoms with Crippen molar-refractivity contribution in [2.24, 2.45) is 0 Å². The van der Waals surface area contributed by atoms with Crippen molar-refractivity contribution >= 4 is 11.6 Å². The van der Waals surface area contributed by atoms with E-state index in [-0.39, 0.29) is 17.6 Å². The predicted octanol–water partition coefficient (Wildman–Crippen LogP) is 4.09. The molecule has 2 aromatic carbocycles. The van der Waals surface area contributed by atoms with E-state index in [1.807, 2.05) is 38.1 Å². The third-order valence-corrected chi connectivity index (χ3v) is 3.86. The Morgan fingerprint density at radius 3 is 2.39 bits per heavy atom. The molecular formula is C18H20N2O3. The minimum absolute atomic E-state index is 0.0407. The zero-order chi connectivity index (χ0) is 17.0. The Kier molecular flexibility index (Phi) is 5.11. The third-order valence-electron chi connectivity index (χ3n) is 3.86. The number of nitrogens with zero attached hydrogens (tertiary/aromatic N) is 1. The van der Waals surface area contributed by atoms with Crippen LogP contribution in [0.5, 0.6) is 0 Å². The number of aryl methyl sites for hydroxylation is 2. The molecule has 0 aromatic heterocycles. The predicted molar refractivity (Wildman–Crippen MR) is 89.5 cm³/mol. The molecule has 5 heteroatoms. The van der Waals surface area contributed by atoms with Crippen LogP contribution in [0.3, 0.4) is 0 Å². The molecule has 0 saturated carbocycles. The van der Waals surface area contributed by atoms with Gasteiger partial charge in [-0.1, -0.05) is 42.8 Å². The van der Waals surface area contributed by atoms with Gasteiger partial charge in [0.1, 0.15) is 0 Å². The molecule has 1 N–H and O–H groups in total. The van der Waals surface area contributed by atoms with Crippen LogP contribution in [0.2, 0.25) is 0 Å². The lowest BCUT2D eigenvalue weighted by Crippen LogP contribution is -2.28. The fraction of sp³-hybridized carbons (Fsp3) is 0.278. The number of amides is 1. The van der Waals surface area contributed by atoms with Crippen LogP contribution in [0.4, 0.5) is 5.69 Å². The van der Waals surface area contributed by atoms with Gasteiger partial charge in [0.25, 0.3) is 11.6 Å². The summed E-state index contributed by atoms with van der Waals surface area (Å²) >= 11 is 0. The Balaban J connectivity index is 2.21. The second-order valence-electron chi connectivity index (χ2n) is 5.60. The number of nitro benzene ring substituents is 1. The van der Waals surface area contributed by atoms with Crippen molar-refractivity contribution in [2.75, 3.05) is 0 Å². The van der Waals surface area contributed by atoms with Crippen LogP contribution in [0, 0.1) is 24.0 Å². The van der Waals surface area contributed by atoms with Crippen LogP contribution < -0.4 is 5.32 Å². The summed E-state index contributed by atoms with van der Waals surface area (Å²) in [5.74, 6) is -0.305. The molecule has 2 aromatic rings. The second kappa shape index (κ2) is 7.05. The van der Waals surface area contributed by atoms with Crippen molar-refractivity contribution in [2.45, 2.75) is 33.2 Å². The Labute approximate surface area is 135 Å². The first kappa shape index (κ1) is 16.7. The summed E-state index contributed by atoms with van der Waals surface area (Å²) in [7, 11) is 0. The highest BCUT2D eigenvalue weighted by Crippen LogP contribution is 2.21. The van der Waals surface area contributed by atoms with Gasteiger partial charge in [-0.25, -0.2) is 0 Å². The van der Waals surface area contributed by atoms with Gasteiger partial charge in [0.05, 0.1) is 11.0 Å². The summed E-state index contributed by atoms with van der Waals surface area (Å²) in [5, 5.41) is 13.9. The molecular weight excluding hydrogens is 292 g/mol. The molecule has 0 saturated heterocycles. The number of hydrogen-bond acceptors (Lipinski definition) is 3. The number of hydrogen-bond donors (Lipinski definition) is 1. The lowest BCUT2D eigenvalue weighted by Gasteiger charge is -2.18. The SMILES string of the molecule is CC[C@H](NC(=O)c1ccc(C)c([N+](=O)[O-])c1)c1ccc(C)cc1. The molecule has 23 heavy (non-hydrogen) atoms. The van der Waals surface area contributed by atoms with Gasteiger partial charge in [0.2, 0.25) is 0 Å². The average molecular weight is 312 g/mol. The maximum absolute atomic E-state index is 12.4. The number of carbonyl (C=O) groups is 1. The van der Waals surface area contributed by atoms with E-state index in [1.54, 1.807) is 19.1 Å². The molecule has 0 spiro atoms. The number of rotatable bonds is 5. The van der Waals surface area contributed by atoms with E-state index < -0.39 is 4.92 Å². The van der Waals surface area contributed by atoms with Crippen molar-refractivity contribution in [3.63, 3.8) is 0 Å². The summed E-state index contributed by atoms with van der Waals surface area (Å²) < 4.78 is 0. The number of nitro groups is 1. The zero-order valence-electron chi connectivity index (χ0n) is 13.5. The monoisotopic (exact) mass is 312 g/mol. The zero-order valence-corrected chi connectivity index (χ0v) is 13.5. The van der Waals surface area contributed by atoms with Crippen LogP contribution in [0.1, 0.15) is 46.4 Å². The largest absolute Gasteiger partial charge is 0.345 e. The maximum Gasteiger partial charge on any atom is 0.273 e. The molecule has 1 atom stereocenters. The Morgan fingerprint density at radius 2 is 1.83 bits per heavy atom. The number of carbonyl (C=O) groups excluding carboxylic acids is 1. The van der Waals surface area contributed by atoms with Crippen LogP contribution in [-0.4, -0.2) is 10.8 Å². The molecule has 0 aliphatic rings. The molecule has 0 bridgehead atoms. The lowest BCUT2D eigenvalue weighted by molar-refractivity contribution is -0.385. The standard InChI is InChI=1S/C18H20N2O3/c1-4-16(14-8-5-12(2)6-9-14)19-18(21)15-10-7-13(3)17(11-15)20(22)23/h5-11,16H,4H2,1-3H3,(H,19,21)/t16-/m0/s1. The van der Waals surface area contributed by atoms with Crippen molar-refractivity contribution in [1.82, 2.24) is 5.32 Å². The van der Waals surface area contributed by atoms with Gasteiger partial charge in [0.15, 0.2) is 0 Å². The third kappa shape index (κ3) is 3.94. The lowest BCUT2D eigenvalue weighted by atomic mass is 10.0. The Bertz CT molecular complexity index is 724. The van der Waals surface area contributed by atoms with E-state index in [0.717, 1.165) is 17.5 Å². The van der Waals surface area contributed by atoms with Crippen LogP contribution >= 0.6 is 0 Å². The molecule has 1 amide bonds. The van der Waals surface area contributed by atoms with E-state index in [1.165, 1.54) is 6.07 Å². The minimum atomic E-state index is -0.469. The van der Waals surface area contributed by atoms with E-state index in [4.69, 9.17) is 0 Å². The van der Waals surface area contributed by atoms with Gasteiger partial charge in [0, 0.05) is 17.2 Å². The summed E-state index contributed by atoms with van der Waals surface area (Å²) in [6, 6.07) is 12.4. The first-order valence-corrected chi connectivity index (χ1v) is 7.54. The summed E-state index contributed by atoms with van der Waals surface area (Å²) in [5.41, 5.74) is 2.98. The molecule has 0 heterocycles. The van der Waals surface area contributed by atoms with Crippen molar-refractivity contribution < 1.29 is 9.72 Å². The minimum Gasteiger partial charge on any atom is -0.345 e. The fourth-order valence-corrected chi connectivity index (χ4v) is 2.41. The van der Waals surface area contributed by atoms with E-state index in [9.17, 15) is 14.9 Å². The summed E-state index contributed by atoms with van der Waals surface area (Å²) in [4.78, 5) is 22.9. The van der Waals surface area contributed by atoms with Gasteiger partial charge in [-0.15, -0.1) is 0 Å². The molecule has 0 fully saturated rings. The van der Waals surface area contributed by atoms with E-state index in [2.05, 4.69) is 5.32 Å². The van der Waals surface area contributed by atoms with Crippen LogP contribution in [0.15, 0.2) is 42.5 Å². The molecule has 0 radical (unpaired) electrons. The molecule has 0 aliphatic carbocycles. The van der Waals surface area contributed by atoms with Crippen LogP contribution in [0.25, 0.3) is 0 Å². The number of benzene rings is 2. The van der Waals surface area contributed by atoms with Gasteiger partial charge in [-0.05, 0) is 31.9 Å². The van der Waals surface area contributed by atoms with Crippen LogP contribution in [-0.2, 0) is 0 Å². The van der Waals surface area contributed by atoms with Gasteiger partial charge in [-0.2, -0.15) is 0 Å². The second-order valence-corrected chi connectivity index (χ2v) is 5.60. The van der Waals surface area contributed by atoms with Crippen molar-refractivity contribution in [1.29, 1.82) is 0 Å². The fourth-order valence-electron chi connectivity index (χ4n) is 2.41. The summed E-state index contributed by atoms with van der Waals surface area (Å²) in [6.07, 6.45) is 0.739. The Morgan fingerprint density at radius 1 is 1.17 bits per heavy atom. The van der Waals surface area contributed by atoms with Crippen molar-refractivity contribution in [3.8, 4) is 0 Å². The smallest absolute Gasteiger partial charge is 0.273 e. The van der Waals surface area contributed by atoms with E-state index in [0.29, 0.717) is 11.1 Å².